The van der Waals surface area contributed by atoms with Gasteiger partial charge in [0.25, 0.3) is 0 Å². The lowest BCUT2D eigenvalue weighted by molar-refractivity contribution is 0.0698. The molecular formula is C12H16O2Si. The molecular weight excluding hydrogens is 204 g/mol. The molecule has 1 N–H and O–H groups in total. The summed E-state index contributed by atoms with van der Waals surface area (Å²) in [6, 6.07) is 5.59. The average Bonchev–Trinajstić information content (AvgIpc) is 2.17. The summed E-state index contributed by atoms with van der Waals surface area (Å²) in [7, 11) is -1.09. The smallest absolute Gasteiger partial charge is 0.335 e. The van der Waals surface area contributed by atoms with E-state index in [1.54, 1.807) is 6.07 Å². The molecule has 0 heterocycles. The summed E-state index contributed by atoms with van der Waals surface area (Å²) in [5.74, 6) is -0.823. The van der Waals surface area contributed by atoms with Gasteiger partial charge in [-0.3, -0.25) is 0 Å². The van der Waals surface area contributed by atoms with Crippen molar-refractivity contribution in [2.75, 3.05) is 0 Å². The molecule has 2 nitrogen and oxygen atoms in total. The van der Waals surface area contributed by atoms with Gasteiger partial charge in [-0.05, 0) is 23.2 Å². The maximum Gasteiger partial charge on any atom is 0.335 e. The second-order valence-electron chi connectivity index (χ2n) is 3.87. The number of benzene rings is 1. The highest BCUT2D eigenvalue weighted by Gasteiger charge is 2.13. The highest BCUT2D eigenvalue weighted by Crippen LogP contribution is 2.05. The Hall–Kier alpha value is -1.35. The summed E-state index contributed by atoms with van der Waals surface area (Å²) >= 11 is 0. The topological polar surface area (TPSA) is 37.3 Å². The molecule has 0 aliphatic rings. The Morgan fingerprint density at radius 3 is 2.67 bits per heavy atom. The molecule has 0 amide bonds. The molecule has 0 fully saturated rings. The van der Waals surface area contributed by atoms with Crippen LogP contribution in [0, 0.1) is 0 Å². The maximum atomic E-state index is 11.0. The minimum Gasteiger partial charge on any atom is -0.478 e. The number of aromatic carboxylic acids is 1. The molecule has 0 unspecified atom stereocenters. The fourth-order valence-corrected chi connectivity index (χ4v) is 2.97. The summed E-state index contributed by atoms with van der Waals surface area (Å²) in [6.07, 6.45) is 2.63. The largest absolute Gasteiger partial charge is 0.478 e. The van der Waals surface area contributed by atoms with E-state index in [1.807, 2.05) is 18.2 Å². The van der Waals surface area contributed by atoms with Crippen molar-refractivity contribution in [3.8, 4) is 0 Å². The van der Waals surface area contributed by atoms with Crippen LogP contribution in [0.3, 0.4) is 0 Å². The van der Waals surface area contributed by atoms with Crippen LogP contribution < -0.4 is 5.19 Å². The van der Waals surface area contributed by atoms with Gasteiger partial charge in [-0.2, -0.15) is 0 Å². The van der Waals surface area contributed by atoms with E-state index in [4.69, 9.17) is 5.11 Å². The lowest BCUT2D eigenvalue weighted by Crippen LogP contribution is -2.29. The second-order valence-corrected chi connectivity index (χ2v) is 6.81. The third-order valence-electron chi connectivity index (χ3n) is 2.35. The third kappa shape index (κ3) is 2.80. The fraction of sp³-hybridized carbons (Fsp3) is 0.250. The average molecular weight is 220 g/mol. The Labute approximate surface area is 91.9 Å². The molecule has 0 spiro atoms. The van der Waals surface area contributed by atoms with Crippen LogP contribution in [0.1, 0.15) is 15.9 Å². The van der Waals surface area contributed by atoms with Crippen molar-refractivity contribution in [1.82, 2.24) is 0 Å². The van der Waals surface area contributed by atoms with Gasteiger partial charge in [-0.15, -0.1) is 6.58 Å². The second kappa shape index (κ2) is 4.93. The molecule has 1 aromatic carbocycles. The first-order valence-corrected chi connectivity index (χ1v) is 7.92. The summed E-state index contributed by atoms with van der Waals surface area (Å²) in [4.78, 5) is 11.0. The predicted molar refractivity (Wildman–Crippen MR) is 65.8 cm³/mol. The monoisotopic (exact) mass is 220 g/mol. The van der Waals surface area contributed by atoms with E-state index in [1.165, 1.54) is 0 Å². The van der Waals surface area contributed by atoms with Gasteiger partial charge in [0.15, 0.2) is 0 Å². The van der Waals surface area contributed by atoms with Crippen LogP contribution in [0.25, 0.3) is 0 Å². The Morgan fingerprint density at radius 2 is 2.20 bits per heavy atom. The summed E-state index contributed by atoms with van der Waals surface area (Å²) in [5, 5.41) is 10.1. The summed E-state index contributed by atoms with van der Waals surface area (Å²) in [6.45, 7) is 7.96. The van der Waals surface area contributed by atoms with Crippen molar-refractivity contribution in [2.24, 2.45) is 0 Å². The molecule has 0 atom stereocenters. The van der Waals surface area contributed by atoms with Gasteiger partial charge in [0, 0.05) is 0 Å². The number of hydrogen-bond donors (Lipinski definition) is 1. The van der Waals surface area contributed by atoms with Crippen molar-refractivity contribution in [1.29, 1.82) is 0 Å². The van der Waals surface area contributed by atoms with Gasteiger partial charge in [0.05, 0.1) is 14.4 Å². The van der Waals surface area contributed by atoms with Crippen molar-refractivity contribution >= 4 is 20.0 Å². The standard InChI is InChI=1S/C12H16O2Si/c1-4-5-9-6-7-10(12(13)14)11(8-9)15(2)3/h4,6-8,15H,1,5H2,2-3H3,(H,13,14). The van der Waals surface area contributed by atoms with Crippen LogP contribution in [-0.4, -0.2) is 19.9 Å². The third-order valence-corrected chi connectivity index (χ3v) is 4.07. The molecule has 0 aromatic heterocycles. The number of carbonyl (C=O) groups is 1. The van der Waals surface area contributed by atoms with Crippen LogP contribution in [0.5, 0.6) is 0 Å². The number of hydrogen-bond acceptors (Lipinski definition) is 1. The SMILES string of the molecule is C=CCc1ccc(C(=O)O)c([SiH](C)C)c1. The molecule has 0 bridgehead atoms. The molecule has 0 radical (unpaired) electrons. The predicted octanol–water partition coefficient (Wildman–Crippen LogP) is 1.81. The Balaban J connectivity index is 3.20. The van der Waals surface area contributed by atoms with Crippen LogP contribution in [-0.2, 0) is 6.42 Å². The summed E-state index contributed by atoms with van der Waals surface area (Å²) < 4.78 is 0. The first kappa shape index (κ1) is 11.7. The quantitative estimate of drug-likeness (QED) is 0.620. The van der Waals surface area contributed by atoms with E-state index < -0.39 is 14.8 Å². The van der Waals surface area contributed by atoms with E-state index in [9.17, 15) is 4.79 Å². The zero-order chi connectivity index (χ0) is 11.4. The van der Waals surface area contributed by atoms with E-state index in [-0.39, 0.29) is 0 Å². The molecule has 0 saturated carbocycles. The molecule has 15 heavy (non-hydrogen) atoms. The zero-order valence-corrected chi connectivity index (χ0v) is 10.3. The van der Waals surface area contributed by atoms with Crippen molar-refractivity contribution in [2.45, 2.75) is 19.5 Å². The van der Waals surface area contributed by atoms with Crippen LogP contribution in [0.15, 0.2) is 30.9 Å². The molecule has 0 saturated heterocycles. The van der Waals surface area contributed by atoms with E-state index >= 15 is 0 Å². The molecule has 80 valence electrons. The number of carboxylic acid groups (broad SMARTS) is 1. The highest BCUT2D eigenvalue weighted by atomic mass is 28.3. The molecule has 0 aliphatic carbocycles. The lowest BCUT2D eigenvalue weighted by Gasteiger charge is -2.10. The Bertz CT molecular complexity index is 383. The number of carboxylic acids is 1. The highest BCUT2D eigenvalue weighted by molar-refractivity contribution is 6.71. The molecule has 3 heteroatoms. The van der Waals surface area contributed by atoms with Crippen LogP contribution in [0.2, 0.25) is 13.1 Å². The van der Waals surface area contributed by atoms with Gasteiger partial charge in [-0.25, -0.2) is 4.79 Å². The lowest BCUT2D eigenvalue weighted by atomic mass is 10.1. The van der Waals surface area contributed by atoms with Gasteiger partial charge >= 0.3 is 5.97 Å². The normalized spacial score (nSPS) is 10.3. The van der Waals surface area contributed by atoms with E-state index in [2.05, 4.69) is 19.7 Å². The van der Waals surface area contributed by atoms with E-state index in [0.29, 0.717) is 5.56 Å². The van der Waals surface area contributed by atoms with Crippen molar-refractivity contribution in [3.63, 3.8) is 0 Å². The van der Waals surface area contributed by atoms with Gasteiger partial charge in [0.1, 0.15) is 0 Å². The van der Waals surface area contributed by atoms with E-state index in [0.717, 1.165) is 17.2 Å². The van der Waals surface area contributed by atoms with Crippen molar-refractivity contribution in [3.05, 3.63) is 42.0 Å². The Kier molecular flexibility index (Phi) is 3.86. The minimum atomic E-state index is -1.09. The molecule has 1 aromatic rings. The fourth-order valence-electron chi connectivity index (χ4n) is 1.58. The van der Waals surface area contributed by atoms with Gasteiger partial charge in [0.2, 0.25) is 0 Å². The Morgan fingerprint density at radius 1 is 1.53 bits per heavy atom. The molecule has 0 aliphatic heterocycles. The van der Waals surface area contributed by atoms with Crippen LogP contribution >= 0.6 is 0 Å². The molecule has 1 rings (SSSR count). The summed E-state index contributed by atoms with van der Waals surface area (Å²) in [5.41, 5.74) is 1.61. The van der Waals surface area contributed by atoms with Gasteiger partial charge in [-0.1, -0.05) is 31.3 Å². The van der Waals surface area contributed by atoms with Crippen LogP contribution in [0.4, 0.5) is 0 Å². The zero-order valence-electron chi connectivity index (χ0n) is 9.16. The minimum absolute atomic E-state index is 0.462. The first-order chi connectivity index (χ1) is 7.06. The van der Waals surface area contributed by atoms with Gasteiger partial charge < -0.3 is 5.11 Å². The first-order valence-electron chi connectivity index (χ1n) is 5.03. The van der Waals surface area contributed by atoms with Crippen molar-refractivity contribution < 1.29 is 9.90 Å². The number of allylic oxidation sites excluding steroid dienone is 1. The number of rotatable bonds is 4. The maximum absolute atomic E-state index is 11.0.